The third-order valence-corrected chi connectivity index (χ3v) is 5.82. The van der Waals surface area contributed by atoms with E-state index in [-0.39, 0.29) is 5.91 Å². The number of aryl methyl sites for hydroxylation is 1. The zero-order valence-corrected chi connectivity index (χ0v) is 16.0. The van der Waals surface area contributed by atoms with Gasteiger partial charge in [0.05, 0.1) is 5.75 Å². The number of benzene rings is 1. The molecule has 0 aliphatic carbocycles. The zero-order chi connectivity index (χ0) is 18.1. The van der Waals surface area contributed by atoms with Crippen LogP contribution in [-0.2, 0) is 11.2 Å². The Morgan fingerprint density at radius 3 is 3.08 bits per heavy atom. The van der Waals surface area contributed by atoms with Crippen molar-refractivity contribution >= 4 is 39.7 Å². The SMILES string of the molecule is CCc1ccc2[nH]c3nc(SCC(=O)N4CCCC(C)C4)nnc3c2c1. The third kappa shape index (κ3) is 3.40. The van der Waals surface area contributed by atoms with Crippen molar-refractivity contribution in [2.24, 2.45) is 5.92 Å². The minimum absolute atomic E-state index is 0.162. The highest BCUT2D eigenvalue weighted by molar-refractivity contribution is 7.99. The first-order valence-corrected chi connectivity index (χ1v) is 10.2. The fourth-order valence-corrected chi connectivity index (χ4v) is 4.21. The molecule has 1 atom stereocenters. The fourth-order valence-electron chi connectivity index (χ4n) is 3.52. The van der Waals surface area contributed by atoms with E-state index in [0.717, 1.165) is 48.0 Å². The van der Waals surface area contributed by atoms with Gasteiger partial charge < -0.3 is 9.88 Å². The number of fused-ring (bicyclic) bond motifs is 3. The van der Waals surface area contributed by atoms with Crippen LogP contribution in [-0.4, -0.2) is 49.8 Å². The number of thioether (sulfide) groups is 1. The molecule has 0 bridgehead atoms. The van der Waals surface area contributed by atoms with Crippen molar-refractivity contribution in [2.45, 2.75) is 38.3 Å². The van der Waals surface area contributed by atoms with Crippen molar-refractivity contribution < 1.29 is 4.79 Å². The Balaban J connectivity index is 1.50. The molecule has 1 aromatic carbocycles. The number of amides is 1. The first kappa shape index (κ1) is 17.3. The summed E-state index contributed by atoms with van der Waals surface area (Å²) >= 11 is 1.36. The van der Waals surface area contributed by atoms with Crippen LogP contribution in [0, 0.1) is 5.92 Å². The second-order valence-corrected chi connectivity index (χ2v) is 7.97. The van der Waals surface area contributed by atoms with E-state index in [2.05, 4.69) is 52.2 Å². The topological polar surface area (TPSA) is 74.8 Å². The first-order valence-electron chi connectivity index (χ1n) is 9.19. The quantitative estimate of drug-likeness (QED) is 0.713. The van der Waals surface area contributed by atoms with E-state index in [9.17, 15) is 4.79 Å². The van der Waals surface area contributed by atoms with Crippen LogP contribution in [0.1, 0.15) is 32.3 Å². The summed E-state index contributed by atoms with van der Waals surface area (Å²) in [7, 11) is 0. The zero-order valence-electron chi connectivity index (χ0n) is 15.2. The standard InChI is InChI=1S/C19H23N5OS/c1-3-13-6-7-15-14(9-13)17-18(20-15)21-19(23-22-17)26-11-16(25)24-8-4-5-12(2)10-24/h6-7,9,12H,3-5,8,10-11H2,1-2H3,(H,20,21,23). The van der Waals surface area contributed by atoms with Crippen LogP contribution in [0.4, 0.5) is 0 Å². The molecule has 1 aliphatic heterocycles. The molecule has 7 heteroatoms. The number of aromatic amines is 1. The van der Waals surface area contributed by atoms with Crippen LogP contribution in [0.25, 0.3) is 22.1 Å². The number of aromatic nitrogens is 4. The molecule has 1 N–H and O–H groups in total. The van der Waals surface area contributed by atoms with Crippen LogP contribution >= 0.6 is 11.8 Å². The summed E-state index contributed by atoms with van der Waals surface area (Å²) < 4.78 is 0. The van der Waals surface area contributed by atoms with Gasteiger partial charge in [-0.1, -0.05) is 31.7 Å². The maximum Gasteiger partial charge on any atom is 0.233 e. The highest BCUT2D eigenvalue weighted by atomic mass is 32.2. The number of piperidine rings is 1. The van der Waals surface area contributed by atoms with Gasteiger partial charge in [-0.15, -0.1) is 10.2 Å². The van der Waals surface area contributed by atoms with E-state index >= 15 is 0 Å². The Labute approximate surface area is 156 Å². The minimum Gasteiger partial charge on any atom is -0.342 e. The van der Waals surface area contributed by atoms with Crippen molar-refractivity contribution in [3.63, 3.8) is 0 Å². The van der Waals surface area contributed by atoms with Crippen LogP contribution in [0.15, 0.2) is 23.4 Å². The molecule has 1 fully saturated rings. The van der Waals surface area contributed by atoms with Crippen LogP contribution < -0.4 is 0 Å². The highest BCUT2D eigenvalue weighted by Gasteiger charge is 2.21. The van der Waals surface area contributed by atoms with Crippen molar-refractivity contribution in [1.82, 2.24) is 25.1 Å². The Hall–Kier alpha value is -2.15. The van der Waals surface area contributed by atoms with Gasteiger partial charge in [-0.2, -0.15) is 0 Å². The normalized spacial score (nSPS) is 17.9. The molecule has 4 rings (SSSR count). The molecular formula is C19H23N5OS. The number of rotatable bonds is 4. The van der Waals surface area contributed by atoms with Gasteiger partial charge in [0, 0.05) is 24.0 Å². The highest BCUT2D eigenvalue weighted by Crippen LogP contribution is 2.25. The lowest BCUT2D eigenvalue weighted by atomic mass is 10.0. The van der Waals surface area contributed by atoms with Gasteiger partial charge in [-0.3, -0.25) is 4.79 Å². The summed E-state index contributed by atoms with van der Waals surface area (Å²) in [5.74, 6) is 1.11. The number of likely N-dealkylation sites (tertiary alicyclic amines) is 1. The average molecular weight is 369 g/mol. The molecule has 2 aromatic heterocycles. The largest absolute Gasteiger partial charge is 0.342 e. The lowest BCUT2D eigenvalue weighted by molar-refractivity contribution is -0.130. The maximum atomic E-state index is 12.4. The molecule has 3 aromatic rings. The number of carbonyl (C=O) groups excluding carboxylic acids is 1. The summed E-state index contributed by atoms with van der Waals surface area (Å²) in [6.07, 6.45) is 3.28. The third-order valence-electron chi connectivity index (χ3n) is 5.00. The van der Waals surface area contributed by atoms with Crippen molar-refractivity contribution in [1.29, 1.82) is 0 Å². The van der Waals surface area contributed by atoms with E-state index in [1.165, 1.54) is 23.7 Å². The van der Waals surface area contributed by atoms with Crippen molar-refractivity contribution in [3.05, 3.63) is 23.8 Å². The van der Waals surface area contributed by atoms with Gasteiger partial charge in [0.25, 0.3) is 0 Å². The van der Waals surface area contributed by atoms with Gasteiger partial charge in [0.15, 0.2) is 5.65 Å². The molecule has 1 aliphatic rings. The van der Waals surface area contributed by atoms with E-state index in [1.807, 2.05) is 4.90 Å². The Morgan fingerprint density at radius 2 is 2.27 bits per heavy atom. The van der Waals surface area contributed by atoms with Crippen LogP contribution in [0.3, 0.4) is 0 Å². The number of hydrogen-bond donors (Lipinski definition) is 1. The molecule has 6 nitrogen and oxygen atoms in total. The molecule has 26 heavy (non-hydrogen) atoms. The second-order valence-electron chi connectivity index (χ2n) is 7.03. The molecule has 1 unspecified atom stereocenters. The van der Waals surface area contributed by atoms with Crippen LogP contribution in [0.2, 0.25) is 0 Å². The first-order chi connectivity index (χ1) is 12.6. The number of nitrogens with one attached hydrogen (secondary N) is 1. The van der Waals surface area contributed by atoms with Gasteiger partial charge in [-0.05, 0) is 42.9 Å². The van der Waals surface area contributed by atoms with Crippen LogP contribution in [0.5, 0.6) is 0 Å². The molecule has 136 valence electrons. The lowest BCUT2D eigenvalue weighted by Crippen LogP contribution is -2.40. The summed E-state index contributed by atoms with van der Waals surface area (Å²) in [5.41, 5.74) is 3.79. The fraction of sp³-hybridized carbons (Fsp3) is 0.474. The maximum absolute atomic E-state index is 12.4. The van der Waals surface area contributed by atoms with Gasteiger partial charge in [0.1, 0.15) is 5.52 Å². The monoisotopic (exact) mass is 369 g/mol. The lowest BCUT2D eigenvalue weighted by Gasteiger charge is -2.30. The predicted octanol–water partition coefficient (Wildman–Crippen LogP) is 3.42. The molecule has 1 saturated heterocycles. The summed E-state index contributed by atoms with van der Waals surface area (Å²) in [6, 6.07) is 6.31. The smallest absolute Gasteiger partial charge is 0.233 e. The minimum atomic E-state index is 0.162. The summed E-state index contributed by atoms with van der Waals surface area (Å²) in [4.78, 5) is 22.2. The van der Waals surface area contributed by atoms with Crippen molar-refractivity contribution in [2.75, 3.05) is 18.8 Å². The van der Waals surface area contributed by atoms with E-state index in [4.69, 9.17) is 0 Å². The molecular weight excluding hydrogens is 346 g/mol. The predicted molar refractivity (Wildman–Crippen MR) is 104 cm³/mol. The molecule has 0 spiro atoms. The van der Waals surface area contributed by atoms with Gasteiger partial charge in [0.2, 0.25) is 11.1 Å². The Kier molecular flexibility index (Phi) is 4.80. The Bertz CT molecular complexity index is 954. The van der Waals surface area contributed by atoms with E-state index in [0.29, 0.717) is 16.8 Å². The van der Waals surface area contributed by atoms with Crippen molar-refractivity contribution in [3.8, 4) is 0 Å². The summed E-state index contributed by atoms with van der Waals surface area (Å²) in [6.45, 7) is 6.06. The van der Waals surface area contributed by atoms with Gasteiger partial charge >= 0.3 is 0 Å². The second kappa shape index (κ2) is 7.23. The van der Waals surface area contributed by atoms with Gasteiger partial charge in [-0.25, -0.2) is 4.98 Å². The number of nitrogens with zero attached hydrogens (tertiary/aromatic N) is 4. The van der Waals surface area contributed by atoms with E-state index in [1.54, 1.807) is 0 Å². The number of carbonyl (C=O) groups is 1. The molecule has 1 amide bonds. The molecule has 0 saturated carbocycles. The number of H-pyrrole nitrogens is 1. The summed E-state index contributed by atoms with van der Waals surface area (Å²) in [5, 5.41) is 10.2. The Morgan fingerprint density at radius 1 is 1.38 bits per heavy atom. The molecule has 0 radical (unpaired) electrons. The average Bonchev–Trinajstić information content (AvgIpc) is 3.02. The number of hydrogen-bond acceptors (Lipinski definition) is 5. The molecule has 3 heterocycles. The van der Waals surface area contributed by atoms with E-state index < -0.39 is 0 Å².